The van der Waals surface area contributed by atoms with Crippen molar-refractivity contribution in [1.82, 2.24) is 0 Å². The Hall–Kier alpha value is -0.330. The molecule has 0 saturated heterocycles. The van der Waals surface area contributed by atoms with Gasteiger partial charge < -0.3 is 4.79 Å². The van der Waals surface area contributed by atoms with E-state index in [9.17, 15) is 4.79 Å². The minimum atomic E-state index is 0.167. The van der Waals surface area contributed by atoms with Gasteiger partial charge in [-0.3, -0.25) is 0 Å². The van der Waals surface area contributed by atoms with E-state index in [4.69, 9.17) is 0 Å². The summed E-state index contributed by atoms with van der Waals surface area (Å²) in [5.74, 6) is 0. The van der Waals surface area contributed by atoms with Gasteiger partial charge in [-0.05, 0) is 37.5 Å². The lowest BCUT2D eigenvalue weighted by Gasteiger charge is -2.21. The van der Waals surface area contributed by atoms with Crippen molar-refractivity contribution in [3.63, 3.8) is 0 Å². The zero-order chi connectivity index (χ0) is 9.36. The van der Waals surface area contributed by atoms with Crippen LogP contribution in [0.1, 0.15) is 58.3 Å². The lowest BCUT2D eigenvalue weighted by molar-refractivity contribution is -0.114. The molecule has 0 amide bonds. The van der Waals surface area contributed by atoms with Crippen LogP contribution >= 0.6 is 0 Å². The minimum absolute atomic E-state index is 0.167. The first kappa shape index (κ1) is 9.23. The first-order valence-corrected chi connectivity index (χ1v) is 5.75. The van der Waals surface area contributed by atoms with Crippen LogP contribution in [0.4, 0.5) is 0 Å². The monoisotopic (exact) mass is 180 g/mol. The Morgan fingerprint density at radius 3 is 2.23 bits per heavy atom. The highest BCUT2D eigenvalue weighted by molar-refractivity contribution is 5.66. The van der Waals surface area contributed by atoms with Crippen molar-refractivity contribution in [3.8, 4) is 0 Å². The molecule has 2 saturated carbocycles. The summed E-state index contributed by atoms with van der Waals surface area (Å²) in [6.07, 6.45) is 11.6. The van der Waals surface area contributed by atoms with Gasteiger partial charge in [-0.1, -0.05) is 26.2 Å². The summed E-state index contributed by atoms with van der Waals surface area (Å²) in [7, 11) is 0. The maximum Gasteiger partial charge on any atom is 0.126 e. The predicted molar refractivity (Wildman–Crippen MR) is 53.5 cm³/mol. The summed E-state index contributed by atoms with van der Waals surface area (Å²) in [6, 6.07) is 0. The molecule has 0 aromatic carbocycles. The number of carbonyl (C=O) groups is 1. The fourth-order valence-corrected chi connectivity index (χ4v) is 2.77. The number of hydrogen-bond acceptors (Lipinski definition) is 1. The summed E-state index contributed by atoms with van der Waals surface area (Å²) < 4.78 is 0. The first-order valence-electron chi connectivity index (χ1n) is 5.75. The van der Waals surface area contributed by atoms with Gasteiger partial charge in [0.15, 0.2) is 0 Å². The van der Waals surface area contributed by atoms with E-state index >= 15 is 0 Å². The predicted octanol–water partition coefficient (Wildman–Crippen LogP) is 3.33. The Kier molecular flexibility index (Phi) is 2.21. The highest BCUT2D eigenvalue weighted by Crippen LogP contribution is 2.71. The van der Waals surface area contributed by atoms with E-state index in [1.165, 1.54) is 57.7 Å². The van der Waals surface area contributed by atoms with Crippen LogP contribution in [0.25, 0.3) is 0 Å². The van der Waals surface area contributed by atoms with Gasteiger partial charge in [-0.25, -0.2) is 0 Å². The molecule has 0 N–H and O–H groups in total. The SMILES string of the molecule is CCCCCC1(C2(C=O)CC2)CC1. The van der Waals surface area contributed by atoms with Gasteiger partial charge in [0, 0.05) is 5.41 Å². The number of unbranched alkanes of at least 4 members (excludes halogenated alkanes) is 2. The second-order valence-electron chi connectivity index (χ2n) is 5.01. The van der Waals surface area contributed by atoms with Crippen molar-refractivity contribution < 1.29 is 4.79 Å². The van der Waals surface area contributed by atoms with E-state index in [1.54, 1.807) is 0 Å². The summed E-state index contributed by atoms with van der Waals surface area (Å²) in [6.45, 7) is 2.24. The van der Waals surface area contributed by atoms with Gasteiger partial charge in [-0.2, -0.15) is 0 Å². The van der Waals surface area contributed by atoms with Crippen molar-refractivity contribution in [1.29, 1.82) is 0 Å². The second kappa shape index (κ2) is 3.11. The molecule has 2 aliphatic carbocycles. The summed E-state index contributed by atoms with van der Waals surface area (Å²) in [5, 5.41) is 0. The summed E-state index contributed by atoms with van der Waals surface area (Å²) in [5.41, 5.74) is 0.657. The third kappa shape index (κ3) is 1.43. The summed E-state index contributed by atoms with van der Waals surface area (Å²) in [4.78, 5) is 11.0. The molecule has 0 bridgehead atoms. The Bertz CT molecular complexity index is 199. The number of rotatable bonds is 6. The summed E-state index contributed by atoms with van der Waals surface area (Å²) >= 11 is 0. The van der Waals surface area contributed by atoms with Gasteiger partial charge in [0.05, 0.1) is 0 Å². The Morgan fingerprint density at radius 1 is 1.15 bits per heavy atom. The molecule has 13 heavy (non-hydrogen) atoms. The quantitative estimate of drug-likeness (QED) is 0.452. The van der Waals surface area contributed by atoms with E-state index in [-0.39, 0.29) is 5.41 Å². The van der Waals surface area contributed by atoms with Gasteiger partial charge >= 0.3 is 0 Å². The van der Waals surface area contributed by atoms with E-state index in [0.29, 0.717) is 5.41 Å². The van der Waals surface area contributed by atoms with Crippen molar-refractivity contribution in [3.05, 3.63) is 0 Å². The van der Waals surface area contributed by atoms with Crippen LogP contribution < -0.4 is 0 Å². The van der Waals surface area contributed by atoms with Gasteiger partial charge in [0.1, 0.15) is 6.29 Å². The zero-order valence-electron chi connectivity index (χ0n) is 8.64. The van der Waals surface area contributed by atoms with Crippen molar-refractivity contribution in [2.45, 2.75) is 58.3 Å². The second-order valence-corrected chi connectivity index (χ2v) is 5.01. The lowest BCUT2D eigenvalue weighted by atomic mass is 9.82. The van der Waals surface area contributed by atoms with Crippen LogP contribution in [0.3, 0.4) is 0 Å². The number of aldehydes is 1. The van der Waals surface area contributed by atoms with E-state index < -0.39 is 0 Å². The van der Waals surface area contributed by atoms with E-state index in [2.05, 4.69) is 6.92 Å². The molecule has 0 unspecified atom stereocenters. The molecule has 74 valence electrons. The highest BCUT2D eigenvalue weighted by atomic mass is 16.1. The molecule has 0 aromatic heterocycles. The highest BCUT2D eigenvalue weighted by Gasteiger charge is 2.64. The lowest BCUT2D eigenvalue weighted by Crippen LogP contribution is -2.18. The minimum Gasteiger partial charge on any atom is -0.303 e. The van der Waals surface area contributed by atoms with Gasteiger partial charge in [-0.15, -0.1) is 0 Å². The van der Waals surface area contributed by atoms with Gasteiger partial charge in [0.2, 0.25) is 0 Å². The molecule has 1 heteroatoms. The molecule has 0 spiro atoms. The molecule has 2 fully saturated rings. The van der Waals surface area contributed by atoms with Crippen molar-refractivity contribution in [2.24, 2.45) is 10.8 Å². The smallest absolute Gasteiger partial charge is 0.126 e. The van der Waals surface area contributed by atoms with Crippen LogP contribution in [-0.4, -0.2) is 6.29 Å². The topological polar surface area (TPSA) is 17.1 Å². The molecule has 0 heterocycles. The average Bonchev–Trinajstić information content (AvgIpc) is 3.01. The Morgan fingerprint density at radius 2 is 1.85 bits per heavy atom. The largest absolute Gasteiger partial charge is 0.303 e. The third-order valence-electron chi connectivity index (χ3n) is 4.18. The molecule has 1 nitrogen and oxygen atoms in total. The fourth-order valence-electron chi connectivity index (χ4n) is 2.77. The standard InChI is InChI=1S/C12H20O/c1-2-3-4-5-11(6-7-11)12(10-13)8-9-12/h10H,2-9H2,1H3. The van der Waals surface area contributed by atoms with E-state index in [0.717, 1.165) is 0 Å². The van der Waals surface area contributed by atoms with Crippen LogP contribution in [0.5, 0.6) is 0 Å². The maximum atomic E-state index is 11.0. The van der Waals surface area contributed by atoms with Crippen molar-refractivity contribution in [2.75, 3.05) is 0 Å². The zero-order valence-corrected chi connectivity index (χ0v) is 8.64. The molecular weight excluding hydrogens is 160 g/mol. The average molecular weight is 180 g/mol. The Labute approximate surface area is 80.9 Å². The van der Waals surface area contributed by atoms with Crippen molar-refractivity contribution >= 4 is 6.29 Å². The molecule has 0 aromatic rings. The van der Waals surface area contributed by atoms with E-state index in [1.807, 2.05) is 0 Å². The maximum absolute atomic E-state index is 11.0. The van der Waals surface area contributed by atoms with Crippen LogP contribution in [0.15, 0.2) is 0 Å². The molecule has 0 radical (unpaired) electrons. The fraction of sp³-hybridized carbons (Fsp3) is 0.917. The Balaban J connectivity index is 1.86. The number of carbonyl (C=O) groups excluding carboxylic acids is 1. The third-order valence-corrected chi connectivity index (χ3v) is 4.18. The first-order chi connectivity index (χ1) is 6.29. The molecule has 0 atom stereocenters. The van der Waals surface area contributed by atoms with Crippen LogP contribution in [0, 0.1) is 10.8 Å². The van der Waals surface area contributed by atoms with Crippen LogP contribution in [-0.2, 0) is 4.79 Å². The number of hydrogen-bond donors (Lipinski definition) is 0. The molecular formula is C12H20O. The molecule has 2 aliphatic rings. The van der Waals surface area contributed by atoms with Gasteiger partial charge in [0.25, 0.3) is 0 Å². The van der Waals surface area contributed by atoms with Crippen LogP contribution in [0.2, 0.25) is 0 Å². The molecule has 0 aliphatic heterocycles. The molecule has 2 rings (SSSR count). The normalized spacial score (nSPS) is 26.8.